The summed E-state index contributed by atoms with van der Waals surface area (Å²) >= 11 is 1.44. The van der Waals surface area contributed by atoms with E-state index in [-0.39, 0.29) is 12.1 Å². The number of esters is 1. The number of hydrogen-bond acceptors (Lipinski definition) is 6. The van der Waals surface area contributed by atoms with Gasteiger partial charge in [-0.25, -0.2) is 4.98 Å². The number of ether oxygens (including phenoxy) is 1. The van der Waals surface area contributed by atoms with E-state index in [9.17, 15) is 14.4 Å². The number of carbonyl (C=O) groups is 2. The molecule has 7 nitrogen and oxygen atoms in total. The monoisotopic (exact) mass is 399 g/mol. The second-order valence-corrected chi connectivity index (χ2v) is 7.60. The molecule has 0 saturated heterocycles. The lowest BCUT2D eigenvalue weighted by molar-refractivity contribution is -0.147. The van der Waals surface area contributed by atoms with Crippen molar-refractivity contribution in [1.29, 1.82) is 0 Å². The van der Waals surface area contributed by atoms with Gasteiger partial charge in [0.25, 0.3) is 11.5 Å². The molecular formula is C20H21N3O4S. The van der Waals surface area contributed by atoms with E-state index in [0.717, 1.165) is 22.4 Å². The van der Waals surface area contributed by atoms with Crippen LogP contribution in [0, 0.1) is 13.8 Å². The van der Waals surface area contributed by atoms with Gasteiger partial charge in [-0.1, -0.05) is 19.1 Å². The summed E-state index contributed by atoms with van der Waals surface area (Å²) in [6.07, 6.45) is 2.24. The van der Waals surface area contributed by atoms with Crippen molar-refractivity contribution in [2.45, 2.75) is 33.7 Å². The standard InChI is InChI=1S/C20H21N3O4S/c1-4-14-5-7-15(8-6-14)22-16(24)10-27-17(25)9-23-11-21-19-18(20(23)26)12(2)13(3)28-19/h5-8,11H,4,9-10H2,1-3H3,(H,22,24). The molecule has 3 rings (SSSR count). The van der Waals surface area contributed by atoms with E-state index in [1.807, 2.05) is 32.9 Å². The third-order valence-electron chi connectivity index (χ3n) is 4.47. The van der Waals surface area contributed by atoms with E-state index in [2.05, 4.69) is 10.3 Å². The highest BCUT2D eigenvalue weighted by molar-refractivity contribution is 7.18. The lowest BCUT2D eigenvalue weighted by Crippen LogP contribution is -2.28. The van der Waals surface area contributed by atoms with E-state index in [0.29, 0.717) is 15.9 Å². The summed E-state index contributed by atoms with van der Waals surface area (Å²) in [6, 6.07) is 7.44. The lowest BCUT2D eigenvalue weighted by atomic mass is 10.1. The van der Waals surface area contributed by atoms with Crippen molar-refractivity contribution >= 4 is 39.1 Å². The molecule has 0 aliphatic rings. The van der Waals surface area contributed by atoms with Gasteiger partial charge in [0.1, 0.15) is 11.4 Å². The second kappa shape index (κ2) is 8.35. The van der Waals surface area contributed by atoms with Crippen molar-refractivity contribution in [3.8, 4) is 0 Å². The largest absolute Gasteiger partial charge is 0.454 e. The minimum absolute atomic E-state index is 0.288. The molecule has 28 heavy (non-hydrogen) atoms. The van der Waals surface area contributed by atoms with Crippen molar-refractivity contribution in [2.75, 3.05) is 11.9 Å². The minimum atomic E-state index is -0.677. The Hall–Kier alpha value is -3.00. The summed E-state index contributed by atoms with van der Waals surface area (Å²) in [6.45, 7) is 5.11. The van der Waals surface area contributed by atoms with Crippen molar-refractivity contribution in [3.63, 3.8) is 0 Å². The molecule has 1 amide bonds. The lowest BCUT2D eigenvalue weighted by Gasteiger charge is -2.08. The van der Waals surface area contributed by atoms with Gasteiger partial charge >= 0.3 is 5.97 Å². The molecule has 0 aliphatic carbocycles. The van der Waals surface area contributed by atoms with Crippen molar-refractivity contribution in [3.05, 3.63) is 57.0 Å². The topological polar surface area (TPSA) is 90.3 Å². The fraction of sp³-hybridized carbons (Fsp3) is 0.300. The fourth-order valence-electron chi connectivity index (χ4n) is 2.73. The first-order valence-corrected chi connectivity index (χ1v) is 9.70. The number of benzene rings is 1. The molecule has 146 valence electrons. The molecule has 0 aliphatic heterocycles. The van der Waals surface area contributed by atoms with Gasteiger partial charge in [0.15, 0.2) is 6.61 Å². The number of thiophene rings is 1. The third kappa shape index (κ3) is 4.28. The van der Waals surface area contributed by atoms with Crippen LogP contribution in [0.15, 0.2) is 35.4 Å². The van der Waals surface area contributed by atoms with Crippen molar-refractivity contribution in [2.24, 2.45) is 0 Å². The molecule has 0 bridgehead atoms. The maximum absolute atomic E-state index is 12.6. The number of carbonyl (C=O) groups excluding carboxylic acids is 2. The molecular weight excluding hydrogens is 378 g/mol. The van der Waals surface area contributed by atoms with Crippen LogP contribution in [-0.2, 0) is 27.3 Å². The highest BCUT2D eigenvalue weighted by Gasteiger charge is 2.15. The third-order valence-corrected chi connectivity index (χ3v) is 5.58. The molecule has 1 N–H and O–H groups in total. The molecule has 8 heteroatoms. The molecule has 3 aromatic rings. The van der Waals surface area contributed by atoms with Gasteiger partial charge in [-0.05, 0) is 43.5 Å². The van der Waals surface area contributed by atoms with E-state index in [4.69, 9.17) is 4.74 Å². The predicted octanol–water partition coefficient (Wildman–Crippen LogP) is 2.82. The molecule has 0 atom stereocenters. The SMILES string of the molecule is CCc1ccc(NC(=O)COC(=O)Cn2cnc3sc(C)c(C)c3c2=O)cc1. The molecule has 1 aromatic carbocycles. The number of aryl methyl sites for hydroxylation is 3. The van der Waals surface area contributed by atoms with Crippen LogP contribution in [0.4, 0.5) is 5.69 Å². The molecule has 2 heterocycles. The zero-order valence-electron chi connectivity index (χ0n) is 15.9. The van der Waals surface area contributed by atoms with Crippen LogP contribution in [0.25, 0.3) is 10.2 Å². The minimum Gasteiger partial charge on any atom is -0.454 e. The van der Waals surface area contributed by atoms with E-state index >= 15 is 0 Å². The summed E-state index contributed by atoms with van der Waals surface area (Å²) in [5.74, 6) is -1.12. The van der Waals surface area contributed by atoms with Gasteiger partial charge in [0.05, 0.1) is 11.7 Å². The molecule has 2 aromatic heterocycles. The van der Waals surface area contributed by atoms with Crippen LogP contribution in [0.2, 0.25) is 0 Å². The molecule has 0 fully saturated rings. The second-order valence-electron chi connectivity index (χ2n) is 6.40. The fourth-order valence-corrected chi connectivity index (χ4v) is 3.72. The molecule has 0 unspecified atom stereocenters. The Morgan fingerprint density at radius 3 is 2.61 bits per heavy atom. The van der Waals surface area contributed by atoms with Crippen molar-refractivity contribution in [1.82, 2.24) is 9.55 Å². The number of fused-ring (bicyclic) bond motifs is 1. The first kappa shape index (κ1) is 19.8. The Bertz CT molecular complexity index is 1080. The molecule has 0 saturated carbocycles. The summed E-state index contributed by atoms with van der Waals surface area (Å²) in [7, 11) is 0. The maximum atomic E-state index is 12.6. The van der Waals surface area contributed by atoms with Crippen molar-refractivity contribution < 1.29 is 14.3 Å². The van der Waals surface area contributed by atoms with Crippen LogP contribution < -0.4 is 10.9 Å². The normalized spacial score (nSPS) is 10.8. The first-order chi connectivity index (χ1) is 13.4. The van der Waals surface area contributed by atoms with Gasteiger partial charge in [-0.2, -0.15) is 0 Å². The van der Waals surface area contributed by atoms with Gasteiger partial charge in [0.2, 0.25) is 0 Å². The van der Waals surface area contributed by atoms with E-state index in [1.165, 1.54) is 22.2 Å². The van der Waals surface area contributed by atoms with E-state index < -0.39 is 18.5 Å². The number of aromatic nitrogens is 2. The zero-order valence-corrected chi connectivity index (χ0v) is 16.8. The highest BCUT2D eigenvalue weighted by Crippen LogP contribution is 2.25. The Balaban J connectivity index is 1.59. The maximum Gasteiger partial charge on any atom is 0.326 e. The molecule has 0 spiro atoms. The Labute approximate surface area is 166 Å². The number of rotatable bonds is 6. The average Bonchev–Trinajstić information content (AvgIpc) is 2.97. The number of nitrogens with zero attached hydrogens (tertiary/aromatic N) is 2. The van der Waals surface area contributed by atoms with Crippen LogP contribution in [0.3, 0.4) is 0 Å². The summed E-state index contributed by atoms with van der Waals surface area (Å²) in [5.41, 5.74) is 2.38. The Morgan fingerprint density at radius 1 is 1.21 bits per heavy atom. The van der Waals surface area contributed by atoms with E-state index in [1.54, 1.807) is 12.1 Å². The number of hydrogen-bond donors (Lipinski definition) is 1. The van der Waals surface area contributed by atoms with Crippen LogP contribution in [0.5, 0.6) is 0 Å². The van der Waals surface area contributed by atoms with Gasteiger partial charge < -0.3 is 10.1 Å². The molecule has 0 radical (unpaired) electrons. The summed E-state index contributed by atoms with van der Waals surface area (Å²) in [5, 5.41) is 3.18. The van der Waals surface area contributed by atoms with Gasteiger partial charge in [-0.15, -0.1) is 11.3 Å². The predicted molar refractivity (Wildman–Crippen MR) is 109 cm³/mol. The number of amides is 1. The number of nitrogens with one attached hydrogen (secondary N) is 1. The quantitative estimate of drug-likeness (QED) is 0.644. The smallest absolute Gasteiger partial charge is 0.326 e. The van der Waals surface area contributed by atoms with Gasteiger partial charge in [-0.3, -0.25) is 19.0 Å². The summed E-state index contributed by atoms with van der Waals surface area (Å²) in [4.78, 5) is 42.5. The van der Waals surface area contributed by atoms with Crippen LogP contribution >= 0.6 is 11.3 Å². The van der Waals surface area contributed by atoms with Gasteiger partial charge in [0, 0.05) is 10.6 Å². The first-order valence-electron chi connectivity index (χ1n) is 8.88. The summed E-state index contributed by atoms with van der Waals surface area (Å²) < 4.78 is 6.19. The zero-order chi connectivity index (χ0) is 20.3. The van der Waals surface area contributed by atoms with Crippen LogP contribution in [0.1, 0.15) is 22.9 Å². The highest BCUT2D eigenvalue weighted by atomic mass is 32.1. The van der Waals surface area contributed by atoms with Crippen LogP contribution in [-0.4, -0.2) is 28.0 Å². The Kier molecular flexibility index (Phi) is 5.89. The Morgan fingerprint density at radius 2 is 1.93 bits per heavy atom. The number of anilines is 1. The average molecular weight is 399 g/mol.